The summed E-state index contributed by atoms with van der Waals surface area (Å²) >= 11 is 0. The van der Waals surface area contributed by atoms with Crippen LogP contribution in [0.2, 0.25) is 0 Å². The first-order valence-electron chi connectivity index (χ1n) is 1.10. The van der Waals surface area contributed by atoms with Crippen molar-refractivity contribution in [2.75, 3.05) is 0 Å². The second-order valence-electron chi connectivity index (χ2n) is 0.495. The molecule has 0 aromatic carbocycles. The van der Waals surface area contributed by atoms with E-state index in [1.807, 2.05) is 0 Å². The SMILES string of the molecule is O=[N+]([O-])[C]=CF. The van der Waals surface area contributed by atoms with Crippen LogP contribution in [0.1, 0.15) is 0 Å². The van der Waals surface area contributed by atoms with Gasteiger partial charge in [0.05, 0.1) is 4.92 Å². The largest absolute Gasteiger partial charge is 0.376 e. The Morgan fingerprint density at radius 3 is 2.50 bits per heavy atom. The second kappa shape index (κ2) is 2.32. The third kappa shape index (κ3) is 3.07. The molecule has 6 heavy (non-hydrogen) atoms. The van der Waals surface area contributed by atoms with Gasteiger partial charge in [0.15, 0.2) is 6.33 Å². The molecule has 0 aliphatic heterocycles. The number of hydrogen-bond acceptors (Lipinski definition) is 2. The van der Waals surface area contributed by atoms with Gasteiger partial charge in [0.2, 0.25) is 0 Å². The summed E-state index contributed by atoms with van der Waals surface area (Å²) < 4.78 is 10.6. The molecule has 0 aromatic rings. The van der Waals surface area contributed by atoms with Crippen molar-refractivity contribution in [3.05, 3.63) is 22.6 Å². The Bertz CT molecular complexity index is 79.6. The zero-order valence-electron chi connectivity index (χ0n) is 2.72. The first kappa shape index (κ1) is 5.07. The minimum atomic E-state index is -1.00. The topological polar surface area (TPSA) is 43.1 Å². The van der Waals surface area contributed by atoms with Crippen molar-refractivity contribution in [2.45, 2.75) is 0 Å². The molecule has 0 unspecified atom stereocenters. The smallest absolute Gasteiger partial charge is 0.258 e. The summed E-state index contributed by atoms with van der Waals surface area (Å²) in [7, 11) is 0. The highest BCUT2D eigenvalue weighted by atomic mass is 19.1. The Hall–Kier alpha value is -0.930. The molecule has 0 spiro atoms. The number of nitrogens with zero attached hydrogens (tertiary/aromatic N) is 1. The van der Waals surface area contributed by atoms with Crippen molar-refractivity contribution in [1.29, 1.82) is 0 Å². The van der Waals surface area contributed by atoms with Gasteiger partial charge < -0.3 is 0 Å². The van der Waals surface area contributed by atoms with Crippen LogP contribution in [-0.4, -0.2) is 4.92 Å². The Balaban J connectivity index is 3.30. The maximum absolute atomic E-state index is 10.6. The average Bonchev–Trinajstić information content (AvgIpc) is 1.35. The predicted octanol–water partition coefficient (Wildman–Crippen LogP) is 0.507. The van der Waals surface area contributed by atoms with E-state index in [9.17, 15) is 4.39 Å². The molecule has 0 atom stereocenters. The van der Waals surface area contributed by atoms with E-state index in [2.05, 4.69) is 0 Å². The standard InChI is InChI=1S/C2HFNO2/c3-1-2-4(5)6/h1H. The van der Waals surface area contributed by atoms with E-state index in [1.54, 1.807) is 0 Å². The normalized spacial score (nSPS) is 9.50. The number of rotatable bonds is 1. The summed E-state index contributed by atoms with van der Waals surface area (Å²) in [6.45, 7) is 0. The van der Waals surface area contributed by atoms with Gasteiger partial charge in [-0.1, -0.05) is 0 Å². The molecule has 0 N–H and O–H groups in total. The van der Waals surface area contributed by atoms with Crippen molar-refractivity contribution in [3.63, 3.8) is 0 Å². The van der Waals surface area contributed by atoms with E-state index in [-0.39, 0.29) is 6.33 Å². The average molecular weight is 90.0 g/mol. The van der Waals surface area contributed by atoms with E-state index in [4.69, 9.17) is 10.1 Å². The quantitative estimate of drug-likeness (QED) is 0.267. The fourth-order valence-electron chi connectivity index (χ4n) is 0.0398. The lowest BCUT2D eigenvalue weighted by molar-refractivity contribution is -0.420. The molecule has 0 saturated heterocycles. The molecule has 0 saturated carbocycles. The van der Waals surface area contributed by atoms with Gasteiger partial charge in [0, 0.05) is 0 Å². The van der Waals surface area contributed by atoms with E-state index < -0.39 is 4.92 Å². The van der Waals surface area contributed by atoms with Gasteiger partial charge in [-0.25, -0.2) is 4.39 Å². The van der Waals surface area contributed by atoms with E-state index >= 15 is 0 Å². The summed E-state index contributed by atoms with van der Waals surface area (Å²) in [6, 6.07) is 0. The first-order chi connectivity index (χ1) is 2.77. The lowest BCUT2D eigenvalue weighted by Gasteiger charge is -1.64. The number of halogens is 1. The highest BCUT2D eigenvalue weighted by Gasteiger charge is 1.81. The predicted molar refractivity (Wildman–Crippen MR) is 15.9 cm³/mol. The summed E-state index contributed by atoms with van der Waals surface area (Å²) in [6.07, 6.45) is 0.889. The molecule has 0 aliphatic rings. The lowest BCUT2D eigenvalue weighted by atomic mass is 11.0. The molecule has 0 aliphatic carbocycles. The van der Waals surface area contributed by atoms with Crippen LogP contribution in [0.3, 0.4) is 0 Å². The highest BCUT2D eigenvalue weighted by Crippen LogP contribution is 1.68. The zero-order chi connectivity index (χ0) is 4.99. The Kier molecular flexibility index (Phi) is 1.96. The van der Waals surface area contributed by atoms with Gasteiger partial charge in [-0.15, -0.1) is 0 Å². The third-order valence-electron chi connectivity index (χ3n) is 0.154. The van der Waals surface area contributed by atoms with Gasteiger partial charge in [0.25, 0.3) is 0 Å². The molecule has 0 rings (SSSR count). The third-order valence-corrected chi connectivity index (χ3v) is 0.154. The Morgan fingerprint density at radius 2 is 2.50 bits per heavy atom. The van der Waals surface area contributed by atoms with Crippen LogP contribution in [0.15, 0.2) is 6.33 Å². The molecule has 0 bridgehead atoms. The Labute approximate surface area is 33.2 Å². The zero-order valence-corrected chi connectivity index (χ0v) is 2.72. The highest BCUT2D eigenvalue weighted by molar-refractivity contribution is 4.43. The van der Waals surface area contributed by atoms with Crippen LogP contribution in [0, 0.1) is 16.3 Å². The van der Waals surface area contributed by atoms with Crippen LogP contribution in [0.4, 0.5) is 4.39 Å². The second-order valence-corrected chi connectivity index (χ2v) is 0.495. The van der Waals surface area contributed by atoms with E-state index in [0.717, 1.165) is 6.20 Å². The van der Waals surface area contributed by atoms with E-state index in [1.165, 1.54) is 0 Å². The summed E-state index contributed by atoms with van der Waals surface area (Å²) in [5, 5.41) is 9.02. The molecule has 0 amide bonds. The molecule has 0 aromatic heterocycles. The van der Waals surface area contributed by atoms with Crippen LogP contribution in [0.5, 0.6) is 0 Å². The van der Waals surface area contributed by atoms with E-state index in [0.29, 0.717) is 0 Å². The van der Waals surface area contributed by atoms with Crippen molar-refractivity contribution >= 4 is 0 Å². The summed E-state index contributed by atoms with van der Waals surface area (Å²) in [5.41, 5.74) is 0. The molecule has 4 heteroatoms. The van der Waals surface area contributed by atoms with Gasteiger partial charge in [-0.3, -0.25) is 10.1 Å². The van der Waals surface area contributed by atoms with Crippen LogP contribution >= 0.6 is 0 Å². The van der Waals surface area contributed by atoms with Gasteiger partial charge in [-0.2, -0.15) is 0 Å². The minimum Gasteiger partial charge on any atom is -0.258 e. The maximum Gasteiger partial charge on any atom is 0.376 e. The molecule has 0 fully saturated rings. The van der Waals surface area contributed by atoms with Crippen molar-refractivity contribution < 1.29 is 9.31 Å². The van der Waals surface area contributed by atoms with Crippen molar-refractivity contribution in [2.24, 2.45) is 0 Å². The first-order valence-corrected chi connectivity index (χ1v) is 1.10. The molecule has 0 heterocycles. The van der Waals surface area contributed by atoms with Gasteiger partial charge in [0.1, 0.15) is 0 Å². The minimum absolute atomic E-state index is 0.250. The Morgan fingerprint density at radius 1 is 2.00 bits per heavy atom. The van der Waals surface area contributed by atoms with Crippen molar-refractivity contribution in [3.8, 4) is 0 Å². The number of hydrogen-bond donors (Lipinski definition) is 0. The fourth-order valence-corrected chi connectivity index (χ4v) is 0.0398. The van der Waals surface area contributed by atoms with Crippen LogP contribution in [0.25, 0.3) is 0 Å². The van der Waals surface area contributed by atoms with Gasteiger partial charge >= 0.3 is 6.20 Å². The molecule has 33 valence electrons. The lowest BCUT2D eigenvalue weighted by Crippen LogP contribution is -1.80. The summed E-state index contributed by atoms with van der Waals surface area (Å²) in [4.78, 5) is 8.02. The fraction of sp³-hybridized carbons (Fsp3) is 0. The van der Waals surface area contributed by atoms with Crippen LogP contribution < -0.4 is 0 Å². The van der Waals surface area contributed by atoms with Gasteiger partial charge in [-0.05, 0) is 0 Å². The number of nitro groups is 1. The molecule has 1 radical (unpaired) electrons. The maximum atomic E-state index is 10.6. The molecular formula is C2HFNO2. The molecule has 3 nitrogen and oxygen atoms in total. The summed E-state index contributed by atoms with van der Waals surface area (Å²) in [5.74, 6) is 0. The van der Waals surface area contributed by atoms with Crippen LogP contribution in [-0.2, 0) is 0 Å². The molecular weight excluding hydrogens is 89.0 g/mol. The van der Waals surface area contributed by atoms with Crippen molar-refractivity contribution in [1.82, 2.24) is 0 Å². The monoisotopic (exact) mass is 90.0 g/mol.